The van der Waals surface area contributed by atoms with Crippen LogP contribution in [0.5, 0.6) is 0 Å². The second-order valence-electron chi connectivity index (χ2n) is 2.83. The summed E-state index contributed by atoms with van der Waals surface area (Å²) < 4.78 is 0. The van der Waals surface area contributed by atoms with Gasteiger partial charge in [-0.2, -0.15) is 0 Å². The highest BCUT2D eigenvalue weighted by atomic mass is 16.3. The summed E-state index contributed by atoms with van der Waals surface area (Å²) >= 11 is 0. The summed E-state index contributed by atoms with van der Waals surface area (Å²) in [7, 11) is 0. The molecule has 0 saturated carbocycles. The third-order valence-electron chi connectivity index (χ3n) is 1.96. The molecule has 0 heterocycles. The molecule has 0 aromatic rings. The molecule has 0 amide bonds. The quantitative estimate of drug-likeness (QED) is 0.359. The van der Waals surface area contributed by atoms with Crippen molar-refractivity contribution in [1.82, 2.24) is 4.90 Å². The molecule has 1 unspecified atom stereocenters. The molecular formula is C8H19NO4. The summed E-state index contributed by atoms with van der Waals surface area (Å²) in [5.74, 6) is 0. The van der Waals surface area contributed by atoms with E-state index in [1.807, 2.05) is 0 Å². The molecule has 0 aliphatic carbocycles. The molecule has 0 aliphatic heterocycles. The van der Waals surface area contributed by atoms with Gasteiger partial charge in [0.2, 0.25) is 0 Å². The molecule has 80 valence electrons. The predicted octanol–water partition coefficient (Wildman–Crippen LogP) is -1.98. The van der Waals surface area contributed by atoms with E-state index in [-0.39, 0.29) is 32.5 Å². The molecule has 0 saturated heterocycles. The van der Waals surface area contributed by atoms with E-state index >= 15 is 0 Å². The van der Waals surface area contributed by atoms with Gasteiger partial charge in [-0.15, -0.1) is 0 Å². The summed E-state index contributed by atoms with van der Waals surface area (Å²) in [6, 6.07) is -0.177. The predicted molar refractivity (Wildman–Crippen MR) is 48.3 cm³/mol. The van der Waals surface area contributed by atoms with E-state index in [1.165, 1.54) is 0 Å². The third kappa shape index (κ3) is 5.17. The normalized spacial score (nSPS) is 13.6. The Morgan fingerprint density at radius 3 is 1.69 bits per heavy atom. The van der Waals surface area contributed by atoms with E-state index in [0.29, 0.717) is 19.5 Å². The van der Waals surface area contributed by atoms with Crippen molar-refractivity contribution < 1.29 is 20.4 Å². The number of aliphatic hydroxyl groups is 4. The van der Waals surface area contributed by atoms with Gasteiger partial charge in [0, 0.05) is 25.7 Å². The monoisotopic (exact) mass is 193 g/mol. The smallest absolute Gasteiger partial charge is 0.0587 e. The molecular weight excluding hydrogens is 174 g/mol. The summed E-state index contributed by atoms with van der Waals surface area (Å²) in [6.45, 7) is 0.723. The van der Waals surface area contributed by atoms with Crippen LogP contribution < -0.4 is 0 Å². The van der Waals surface area contributed by atoms with Crippen LogP contribution in [0.4, 0.5) is 0 Å². The van der Waals surface area contributed by atoms with Gasteiger partial charge in [0.15, 0.2) is 0 Å². The van der Waals surface area contributed by atoms with Crippen molar-refractivity contribution in [3.8, 4) is 0 Å². The summed E-state index contributed by atoms with van der Waals surface area (Å²) in [4.78, 5) is 1.76. The van der Waals surface area contributed by atoms with E-state index in [1.54, 1.807) is 4.90 Å². The van der Waals surface area contributed by atoms with Gasteiger partial charge in [-0.25, -0.2) is 0 Å². The Morgan fingerprint density at radius 1 is 0.846 bits per heavy atom. The average molecular weight is 193 g/mol. The van der Waals surface area contributed by atoms with E-state index in [9.17, 15) is 0 Å². The fourth-order valence-electron chi connectivity index (χ4n) is 1.27. The molecule has 0 radical (unpaired) electrons. The summed E-state index contributed by atoms with van der Waals surface area (Å²) in [5.41, 5.74) is 0. The van der Waals surface area contributed by atoms with E-state index < -0.39 is 0 Å². The molecule has 0 bridgehead atoms. The lowest BCUT2D eigenvalue weighted by Crippen LogP contribution is -2.42. The van der Waals surface area contributed by atoms with Crippen LogP contribution in [-0.4, -0.2) is 70.9 Å². The van der Waals surface area contributed by atoms with Gasteiger partial charge in [-0.05, 0) is 6.42 Å². The van der Waals surface area contributed by atoms with Crippen LogP contribution in [0.15, 0.2) is 0 Å². The minimum Gasteiger partial charge on any atom is -0.396 e. The minimum absolute atomic E-state index is 0.00140. The Balaban J connectivity index is 3.94. The van der Waals surface area contributed by atoms with Crippen molar-refractivity contribution >= 4 is 0 Å². The van der Waals surface area contributed by atoms with Crippen molar-refractivity contribution in [2.75, 3.05) is 39.5 Å². The first-order chi connectivity index (χ1) is 6.29. The second-order valence-corrected chi connectivity index (χ2v) is 2.83. The molecule has 0 aliphatic rings. The molecule has 1 atom stereocenters. The van der Waals surface area contributed by atoms with Gasteiger partial charge in [-0.3, -0.25) is 4.90 Å². The summed E-state index contributed by atoms with van der Waals surface area (Å²) in [5, 5.41) is 35.1. The highest BCUT2D eigenvalue weighted by molar-refractivity contribution is 4.70. The number of nitrogens with zero attached hydrogens (tertiary/aromatic N) is 1. The molecule has 0 aromatic carbocycles. The maximum absolute atomic E-state index is 8.96. The highest BCUT2D eigenvalue weighted by Crippen LogP contribution is 2.02. The van der Waals surface area contributed by atoms with Gasteiger partial charge in [0.25, 0.3) is 0 Å². The lowest BCUT2D eigenvalue weighted by atomic mass is 10.2. The third-order valence-corrected chi connectivity index (χ3v) is 1.96. The standard InChI is InChI=1S/C8H19NO4/c10-4-1-8(7-13)9(2-5-11)3-6-12/h8,10-13H,1-7H2. The Kier molecular flexibility index (Phi) is 8.27. The lowest BCUT2D eigenvalue weighted by molar-refractivity contribution is 0.0690. The first kappa shape index (κ1) is 12.8. The molecule has 5 heteroatoms. The largest absolute Gasteiger partial charge is 0.396 e. The van der Waals surface area contributed by atoms with Gasteiger partial charge >= 0.3 is 0 Å². The highest BCUT2D eigenvalue weighted by Gasteiger charge is 2.15. The van der Waals surface area contributed by atoms with E-state index in [4.69, 9.17) is 20.4 Å². The van der Waals surface area contributed by atoms with Crippen LogP contribution in [0, 0.1) is 0 Å². The van der Waals surface area contributed by atoms with Crippen molar-refractivity contribution in [3.05, 3.63) is 0 Å². The van der Waals surface area contributed by atoms with Gasteiger partial charge < -0.3 is 20.4 Å². The molecule has 0 rings (SSSR count). The summed E-state index contributed by atoms with van der Waals surface area (Å²) in [6.07, 6.45) is 0.455. The van der Waals surface area contributed by atoms with Crippen LogP contribution in [0.25, 0.3) is 0 Å². The lowest BCUT2D eigenvalue weighted by Gasteiger charge is -2.28. The zero-order chi connectivity index (χ0) is 10.1. The zero-order valence-corrected chi connectivity index (χ0v) is 7.76. The number of hydrogen-bond donors (Lipinski definition) is 4. The first-order valence-corrected chi connectivity index (χ1v) is 4.47. The van der Waals surface area contributed by atoms with Crippen LogP contribution in [0.2, 0.25) is 0 Å². The SMILES string of the molecule is OCCC(CO)N(CCO)CCO. The van der Waals surface area contributed by atoms with Crippen LogP contribution in [-0.2, 0) is 0 Å². The molecule has 4 N–H and O–H groups in total. The van der Waals surface area contributed by atoms with Crippen molar-refractivity contribution in [1.29, 1.82) is 0 Å². The Morgan fingerprint density at radius 2 is 1.38 bits per heavy atom. The fraction of sp³-hybridized carbons (Fsp3) is 1.00. The van der Waals surface area contributed by atoms with Crippen LogP contribution in [0.3, 0.4) is 0 Å². The maximum Gasteiger partial charge on any atom is 0.0587 e. The van der Waals surface area contributed by atoms with Crippen molar-refractivity contribution in [2.24, 2.45) is 0 Å². The van der Waals surface area contributed by atoms with Gasteiger partial charge in [0.05, 0.1) is 19.8 Å². The van der Waals surface area contributed by atoms with Crippen molar-refractivity contribution in [3.63, 3.8) is 0 Å². The van der Waals surface area contributed by atoms with E-state index in [2.05, 4.69) is 0 Å². The molecule has 5 nitrogen and oxygen atoms in total. The van der Waals surface area contributed by atoms with Crippen molar-refractivity contribution in [2.45, 2.75) is 12.5 Å². The molecule has 0 fully saturated rings. The maximum atomic E-state index is 8.96. The minimum atomic E-state index is -0.177. The van der Waals surface area contributed by atoms with Crippen LogP contribution in [0.1, 0.15) is 6.42 Å². The van der Waals surface area contributed by atoms with Crippen LogP contribution >= 0.6 is 0 Å². The Hall–Kier alpha value is -0.200. The molecule has 13 heavy (non-hydrogen) atoms. The average Bonchev–Trinajstić information content (AvgIpc) is 2.14. The number of hydrogen-bond acceptors (Lipinski definition) is 5. The second kappa shape index (κ2) is 8.40. The Bertz CT molecular complexity index is 106. The molecule has 0 aromatic heterocycles. The number of aliphatic hydroxyl groups excluding tert-OH is 4. The van der Waals surface area contributed by atoms with Gasteiger partial charge in [-0.1, -0.05) is 0 Å². The number of rotatable bonds is 8. The Labute approximate surface area is 78.2 Å². The topological polar surface area (TPSA) is 84.2 Å². The van der Waals surface area contributed by atoms with E-state index in [0.717, 1.165) is 0 Å². The first-order valence-electron chi connectivity index (χ1n) is 4.47. The zero-order valence-electron chi connectivity index (χ0n) is 7.76. The van der Waals surface area contributed by atoms with Gasteiger partial charge in [0.1, 0.15) is 0 Å². The fourth-order valence-corrected chi connectivity index (χ4v) is 1.27. The molecule has 0 spiro atoms.